The second-order valence-electron chi connectivity index (χ2n) is 10.0. The molecule has 1 aromatic carbocycles. The molecule has 0 saturated carbocycles. The Balaban J connectivity index is 1.38. The first kappa shape index (κ1) is 23.3. The van der Waals surface area contributed by atoms with Crippen molar-refractivity contribution in [2.24, 2.45) is 11.8 Å². The summed E-state index contributed by atoms with van der Waals surface area (Å²) in [5.41, 5.74) is 1.05. The van der Waals surface area contributed by atoms with Crippen molar-refractivity contribution in [3.63, 3.8) is 0 Å². The average molecular weight is 492 g/mol. The first-order chi connectivity index (χ1) is 15.7. The van der Waals surface area contributed by atoms with Crippen LogP contribution in [0.1, 0.15) is 19.4 Å². The molecule has 5 rings (SSSR count). The third-order valence-corrected chi connectivity index (χ3v) is 10.5. The third-order valence-electron chi connectivity index (χ3n) is 7.22. The molecular formula is C24H33N3O4S2. The number of nitrogens with zero attached hydrogens (tertiary/aromatic N) is 3. The highest BCUT2D eigenvalue weighted by Crippen LogP contribution is 2.32. The monoisotopic (exact) mass is 491 g/mol. The molecule has 3 aliphatic heterocycles. The number of hydrogen-bond donors (Lipinski definition) is 1. The van der Waals surface area contributed by atoms with Gasteiger partial charge in [0.25, 0.3) is 10.0 Å². The van der Waals surface area contributed by atoms with Gasteiger partial charge in [-0.05, 0) is 43.0 Å². The second-order valence-corrected chi connectivity index (χ2v) is 13.1. The number of sulfonamides is 1. The maximum atomic E-state index is 13.2. The molecule has 7 nitrogen and oxygen atoms in total. The Kier molecular flexibility index (Phi) is 6.30. The van der Waals surface area contributed by atoms with Crippen molar-refractivity contribution in [2.45, 2.75) is 29.7 Å². The fourth-order valence-corrected chi connectivity index (χ4v) is 7.98. The van der Waals surface area contributed by atoms with E-state index in [4.69, 9.17) is 4.74 Å². The van der Waals surface area contributed by atoms with Gasteiger partial charge in [-0.1, -0.05) is 18.2 Å². The molecule has 180 valence electrons. The zero-order valence-corrected chi connectivity index (χ0v) is 20.9. The molecule has 4 heterocycles. The van der Waals surface area contributed by atoms with Crippen LogP contribution >= 0.6 is 11.3 Å². The Morgan fingerprint density at radius 2 is 1.76 bits per heavy atom. The molecule has 0 unspecified atom stereocenters. The van der Waals surface area contributed by atoms with Gasteiger partial charge in [-0.25, -0.2) is 8.42 Å². The predicted octanol–water partition coefficient (Wildman–Crippen LogP) is 2.43. The number of anilines is 1. The lowest BCUT2D eigenvalue weighted by Crippen LogP contribution is -2.58. The van der Waals surface area contributed by atoms with Gasteiger partial charge >= 0.3 is 0 Å². The highest BCUT2D eigenvalue weighted by molar-refractivity contribution is 7.91. The normalized spacial score (nSPS) is 27.2. The predicted molar refractivity (Wildman–Crippen MR) is 130 cm³/mol. The van der Waals surface area contributed by atoms with Gasteiger partial charge in [0.2, 0.25) is 0 Å². The molecule has 0 amide bonds. The highest BCUT2D eigenvalue weighted by Gasteiger charge is 2.40. The maximum absolute atomic E-state index is 13.2. The molecule has 1 N–H and O–H groups in total. The van der Waals surface area contributed by atoms with Crippen LogP contribution in [0, 0.1) is 11.8 Å². The van der Waals surface area contributed by atoms with Gasteiger partial charge in [0, 0.05) is 56.8 Å². The van der Waals surface area contributed by atoms with Gasteiger partial charge in [0.1, 0.15) is 4.21 Å². The summed E-state index contributed by atoms with van der Waals surface area (Å²) < 4.78 is 34.2. The summed E-state index contributed by atoms with van der Waals surface area (Å²) >= 11 is 1.28. The molecule has 33 heavy (non-hydrogen) atoms. The van der Waals surface area contributed by atoms with E-state index in [-0.39, 0.29) is 6.04 Å². The van der Waals surface area contributed by atoms with Crippen molar-refractivity contribution >= 4 is 27.0 Å². The minimum absolute atomic E-state index is 0.0567. The van der Waals surface area contributed by atoms with E-state index in [1.54, 1.807) is 30.3 Å². The van der Waals surface area contributed by atoms with Crippen molar-refractivity contribution in [3.8, 4) is 0 Å². The molecule has 2 aromatic rings. The maximum Gasteiger partial charge on any atom is 0.252 e. The summed E-state index contributed by atoms with van der Waals surface area (Å²) in [6.45, 7) is 9.69. The van der Waals surface area contributed by atoms with Gasteiger partial charge in [0.15, 0.2) is 0 Å². The smallest absolute Gasteiger partial charge is 0.252 e. The molecule has 0 bridgehead atoms. The van der Waals surface area contributed by atoms with Crippen LogP contribution in [0.3, 0.4) is 0 Å². The van der Waals surface area contributed by atoms with Crippen LogP contribution in [-0.2, 0) is 20.4 Å². The van der Waals surface area contributed by atoms with Crippen molar-refractivity contribution in [1.29, 1.82) is 0 Å². The third kappa shape index (κ3) is 4.72. The molecule has 3 fully saturated rings. The van der Waals surface area contributed by atoms with Gasteiger partial charge < -0.3 is 19.6 Å². The topological polar surface area (TPSA) is 73.3 Å². The van der Waals surface area contributed by atoms with Gasteiger partial charge in [0.05, 0.1) is 24.9 Å². The second kappa shape index (κ2) is 8.94. The average Bonchev–Trinajstić information content (AvgIpc) is 3.51. The molecule has 0 aliphatic carbocycles. The number of rotatable bonds is 6. The molecule has 3 aliphatic rings. The molecular weight excluding hydrogens is 458 g/mol. The van der Waals surface area contributed by atoms with E-state index in [1.807, 2.05) is 17.5 Å². The van der Waals surface area contributed by atoms with Gasteiger partial charge in [-0.2, -0.15) is 4.31 Å². The Labute approximate surface area is 200 Å². The lowest BCUT2D eigenvalue weighted by atomic mass is 9.98. The number of fused-ring (bicyclic) bond motifs is 1. The van der Waals surface area contributed by atoms with E-state index in [1.165, 1.54) is 11.3 Å². The summed E-state index contributed by atoms with van der Waals surface area (Å²) in [6, 6.07) is 11.6. The van der Waals surface area contributed by atoms with Crippen LogP contribution in [-0.4, -0.2) is 81.3 Å². The van der Waals surface area contributed by atoms with Crippen LogP contribution < -0.4 is 4.90 Å². The Morgan fingerprint density at radius 1 is 1.06 bits per heavy atom. The van der Waals surface area contributed by atoms with Crippen molar-refractivity contribution in [1.82, 2.24) is 9.21 Å². The summed E-state index contributed by atoms with van der Waals surface area (Å²) in [4.78, 5) is 4.83. The van der Waals surface area contributed by atoms with E-state index in [0.29, 0.717) is 35.7 Å². The summed E-state index contributed by atoms with van der Waals surface area (Å²) in [5, 5.41) is 12.1. The molecule has 1 aromatic heterocycles. The highest BCUT2D eigenvalue weighted by atomic mass is 32.2. The summed E-state index contributed by atoms with van der Waals surface area (Å²) in [6.07, 6.45) is 0. The molecule has 0 radical (unpaired) electrons. The lowest BCUT2D eigenvalue weighted by Gasteiger charge is -2.43. The minimum Gasteiger partial charge on any atom is -0.386 e. The van der Waals surface area contributed by atoms with Crippen LogP contribution in [0.5, 0.6) is 0 Å². The van der Waals surface area contributed by atoms with Crippen molar-refractivity contribution < 1.29 is 18.3 Å². The zero-order chi connectivity index (χ0) is 23.2. The minimum atomic E-state index is -3.48. The Bertz CT molecular complexity index is 1040. The van der Waals surface area contributed by atoms with Crippen molar-refractivity contribution in [2.75, 3.05) is 57.4 Å². The van der Waals surface area contributed by atoms with Gasteiger partial charge in [-0.3, -0.25) is 0 Å². The molecule has 9 heteroatoms. The summed E-state index contributed by atoms with van der Waals surface area (Å²) in [5.74, 6) is 1.19. The van der Waals surface area contributed by atoms with Crippen LogP contribution in [0.2, 0.25) is 0 Å². The van der Waals surface area contributed by atoms with E-state index < -0.39 is 15.6 Å². The van der Waals surface area contributed by atoms with Gasteiger partial charge in [-0.15, -0.1) is 11.3 Å². The largest absolute Gasteiger partial charge is 0.386 e. The standard InChI is InChI=1S/C24H33N3O4S2/c1-24(2,28)20-5-7-21(8-6-20)27-10-9-26(33(29,30)23-4-3-11-32-23)15-22(27)14-25-12-18-16-31-17-19(18)13-25/h3-8,11,18-19,22,28H,9-10,12-17H2,1-2H3/t18-,19+,22-/m0/s1. The first-order valence-electron chi connectivity index (χ1n) is 11.6. The van der Waals surface area contributed by atoms with E-state index in [0.717, 1.165) is 44.1 Å². The quantitative estimate of drug-likeness (QED) is 0.669. The number of aliphatic hydroxyl groups is 1. The number of piperazine rings is 1. The first-order valence-corrected chi connectivity index (χ1v) is 14.0. The fourth-order valence-electron chi connectivity index (χ4n) is 5.37. The van der Waals surface area contributed by atoms with E-state index >= 15 is 0 Å². The number of likely N-dealkylation sites (tertiary alicyclic amines) is 1. The fraction of sp³-hybridized carbons (Fsp3) is 0.583. The number of ether oxygens (including phenoxy) is 1. The number of thiophene rings is 1. The Morgan fingerprint density at radius 3 is 2.36 bits per heavy atom. The Hall–Kier alpha value is -1.49. The van der Waals surface area contributed by atoms with Crippen LogP contribution in [0.25, 0.3) is 0 Å². The number of hydrogen-bond acceptors (Lipinski definition) is 7. The number of benzene rings is 1. The molecule has 0 spiro atoms. The SMILES string of the molecule is CC(C)(O)c1ccc(N2CCN(S(=O)(=O)c3cccs3)C[C@@H]2CN2C[C@H]3COC[C@H]3C2)cc1. The van der Waals surface area contributed by atoms with Crippen LogP contribution in [0.4, 0.5) is 5.69 Å². The molecule has 3 saturated heterocycles. The van der Waals surface area contributed by atoms with E-state index in [9.17, 15) is 13.5 Å². The van der Waals surface area contributed by atoms with E-state index in [2.05, 4.69) is 21.9 Å². The molecule has 3 atom stereocenters. The summed E-state index contributed by atoms with van der Waals surface area (Å²) in [7, 11) is -3.48. The zero-order valence-electron chi connectivity index (χ0n) is 19.3. The lowest BCUT2D eigenvalue weighted by molar-refractivity contribution is 0.0786. The van der Waals surface area contributed by atoms with Crippen molar-refractivity contribution in [3.05, 3.63) is 47.3 Å². The van der Waals surface area contributed by atoms with Crippen LogP contribution in [0.15, 0.2) is 46.0 Å².